The molecule has 10 nitrogen and oxygen atoms in total. The quantitative estimate of drug-likeness (QED) is 0.527. The number of carbonyl (C=O) groups excluding carboxylic acids is 3. The fourth-order valence-corrected chi connectivity index (χ4v) is 5.91. The molecule has 194 valence electrons. The number of aromatic nitrogens is 2. The summed E-state index contributed by atoms with van der Waals surface area (Å²) in [4.78, 5) is 40.5. The molecule has 2 aromatic rings. The third-order valence-electron chi connectivity index (χ3n) is 7.61. The number of fused-ring (bicyclic) bond motifs is 5. The number of aliphatic hydroxyl groups excluding tert-OH is 1. The number of ether oxygens (including phenoxy) is 1. The Balaban J connectivity index is 1.46. The van der Waals surface area contributed by atoms with E-state index in [1.54, 1.807) is 13.8 Å². The number of rotatable bonds is 4. The van der Waals surface area contributed by atoms with Crippen LogP contribution in [0.25, 0.3) is 0 Å². The summed E-state index contributed by atoms with van der Waals surface area (Å²) in [6.45, 7) is 4.73. The van der Waals surface area contributed by atoms with Gasteiger partial charge in [0.05, 0.1) is 63.8 Å². The molecule has 13 heteroatoms. The topological polar surface area (TPSA) is 148 Å². The summed E-state index contributed by atoms with van der Waals surface area (Å²) in [7, 11) is 0. The number of aliphatic hydroxyl groups is 1. The van der Waals surface area contributed by atoms with Gasteiger partial charge in [-0.15, -0.1) is 0 Å². The van der Waals surface area contributed by atoms with Crippen molar-refractivity contribution < 1.29 is 37.4 Å². The van der Waals surface area contributed by atoms with E-state index >= 15 is 0 Å². The SMILES string of the molecule is CC(O)c1cc(C(=O)N[C@@H]2C[C@@]3(C)O[C@]2(C)[C@@H]2C(=O)N(c4ccc(C#N)c(C(F)(F)F)c4)C(=O)[C@@H]23)n[nH]1. The predicted octanol–water partition coefficient (Wildman–Crippen LogP) is 2.21. The van der Waals surface area contributed by atoms with Crippen LogP contribution in [0.4, 0.5) is 18.9 Å². The number of hydrogen-bond acceptors (Lipinski definition) is 7. The van der Waals surface area contributed by atoms with E-state index < -0.39 is 70.2 Å². The van der Waals surface area contributed by atoms with E-state index in [0.29, 0.717) is 11.8 Å². The summed E-state index contributed by atoms with van der Waals surface area (Å²) >= 11 is 0. The Bertz CT molecular complexity index is 1380. The van der Waals surface area contributed by atoms with Crippen LogP contribution in [-0.2, 0) is 20.5 Å². The molecule has 4 heterocycles. The van der Waals surface area contributed by atoms with Crippen LogP contribution < -0.4 is 10.2 Å². The highest BCUT2D eigenvalue weighted by molar-refractivity contribution is 6.23. The molecule has 0 radical (unpaired) electrons. The number of halogens is 3. The highest BCUT2D eigenvalue weighted by Crippen LogP contribution is 2.61. The van der Waals surface area contributed by atoms with Gasteiger partial charge in [0.15, 0.2) is 0 Å². The first-order chi connectivity index (χ1) is 17.2. The van der Waals surface area contributed by atoms with Gasteiger partial charge in [-0.2, -0.15) is 23.5 Å². The first-order valence-electron chi connectivity index (χ1n) is 11.4. The van der Waals surface area contributed by atoms with Crippen molar-refractivity contribution in [3.8, 4) is 6.07 Å². The van der Waals surface area contributed by atoms with Gasteiger partial charge >= 0.3 is 6.18 Å². The van der Waals surface area contributed by atoms with Crippen molar-refractivity contribution in [3.63, 3.8) is 0 Å². The zero-order valence-corrected chi connectivity index (χ0v) is 19.9. The number of H-pyrrole nitrogens is 1. The van der Waals surface area contributed by atoms with Gasteiger partial charge in [0.1, 0.15) is 5.69 Å². The number of hydrogen-bond donors (Lipinski definition) is 3. The molecule has 1 aromatic heterocycles. The van der Waals surface area contributed by atoms with E-state index in [1.165, 1.54) is 19.1 Å². The maximum absolute atomic E-state index is 13.6. The molecule has 3 amide bonds. The maximum atomic E-state index is 13.6. The second-order valence-electron chi connectivity index (χ2n) is 10.0. The van der Waals surface area contributed by atoms with Crippen LogP contribution in [0.3, 0.4) is 0 Å². The second-order valence-corrected chi connectivity index (χ2v) is 10.0. The molecule has 3 aliphatic rings. The number of alkyl halides is 3. The van der Waals surface area contributed by atoms with Crippen LogP contribution in [0.1, 0.15) is 60.6 Å². The van der Waals surface area contributed by atoms with Crippen molar-refractivity contribution in [2.75, 3.05) is 4.90 Å². The third kappa shape index (κ3) is 3.54. The lowest BCUT2D eigenvalue weighted by Gasteiger charge is -2.35. The lowest BCUT2D eigenvalue weighted by atomic mass is 9.66. The fourth-order valence-electron chi connectivity index (χ4n) is 5.91. The average molecular weight is 517 g/mol. The van der Waals surface area contributed by atoms with Gasteiger partial charge in [-0.25, -0.2) is 4.90 Å². The molecule has 3 N–H and O–H groups in total. The maximum Gasteiger partial charge on any atom is 0.417 e. The standard InChI is InChI=1S/C24H22F3N5O5/c1-10(33)14-7-15(31-30-14)19(34)29-16-8-22(2)17-18(23(16,3)37-22)21(36)32(20(17)35)12-5-4-11(9-28)13(6-12)24(25,26)27/h4-7,10,16-18,33H,8H2,1-3H3,(H,29,34)(H,30,31)/t10?,16-,17-,18+,22-,23+/m1/s1. The first-order valence-corrected chi connectivity index (χ1v) is 11.4. The van der Waals surface area contributed by atoms with Crippen molar-refractivity contribution in [3.05, 3.63) is 46.8 Å². The minimum atomic E-state index is -4.86. The van der Waals surface area contributed by atoms with Gasteiger partial charge in [0, 0.05) is 6.42 Å². The lowest BCUT2D eigenvalue weighted by molar-refractivity contribution is -0.138. The lowest BCUT2D eigenvalue weighted by Crippen LogP contribution is -2.56. The van der Waals surface area contributed by atoms with Crippen LogP contribution in [0.5, 0.6) is 0 Å². The van der Waals surface area contributed by atoms with E-state index in [9.17, 15) is 32.7 Å². The van der Waals surface area contributed by atoms with Gasteiger partial charge in [-0.05, 0) is 45.0 Å². The molecule has 0 spiro atoms. The van der Waals surface area contributed by atoms with Crippen molar-refractivity contribution in [2.45, 2.75) is 56.7 Å². The van der Waals surface area contributed by atoms with Gasteiger partial charge in [-0.3, -0.25) is 19.5 Å². The van der Waals surface area contributed by atoms with Crippen LogP contribution >= 0.6 is 0 Å². The number of aromatic amines is 1. The molecular formula is C24H22F3N5O5. The van der Waals surface area contributed by atoms with E-state index in [2.05, 4.69) is 15.5 Å². The molecule has 3 aliphatic heterocycles. The number of anilines is 1. The van der Waals surface area contributed by atoms with E-state index in [0.717, 1.165) is 17.0 Å². The number of imide groups is 1. The average Bonchev–Trinajstić information content (AvgIpc) is 3.52. The number of nitrogens with zero attached hydrogens (tertiary/aromatic N) is 3. The Kier molecular flexibility index (Phi) is 5.30. The zero-order valence-electron chi connectivity index (χ0n) is 19.9. The van der Waals surface area contributed by atoms with Gasteiger partial charge < -0.3 is 15.2 Å². The molecule has 1 aromatic carbocycles. The minimum Gasteiger partial charge on any atom is -0.387 e. The zero-order chi connectivity index (χ0) is 27.1. The van der Waals surface area contributed by atoms with Crippen LogP contribution in [0, 0.1) is 23.2 Å². The molecule has 37 heavy (non-hydrogen) atoms. The molecule has 5 rings (SSSR count). The third-order valence-corrected chi connectivity index (χ3v) is 7.61. The Hall–Kier alpha value is -3.76. The summed E-state index contributed by atoms with van der Waals surface area (Å²) in [6.07, 6.45) is -5.55. The highest BCUT2D eigenvalue weighted by Gasteiger charge is 2.76. The Morgan fingerprint density at radius 3 is 2.57 bits per heavy atom. The minimum absolute atomic E-state index is 0.0108. The van der Waals surface area contributed by atoms with E-state index in [4.69, 9.17) is 10.00 Å². The number of carbonyl (C=O) groups is 3. The largest absolute Gasteiger partial charge is 0.417 e. The van der Waals surface area contributed by atoms with Crippen molar-refractivity contribution in [1.29, 1.82) is 5.26 Å². The van der Waals surface area contributed by atoms with Crippen LogP contribution in [0.15, 0.2) is 24.3 Å². The molecule has 3 saturated heterocycles. The number of nitrogens with one attached hydrogen (secondary N) is 2. The number of nitriles is 1. The predicted molar refractivity (Wildman–Crippen MR) is 119 cm³/mol. The number of amides is 3. The fraction of sp³-hybridized carbons (Fsp3) is 0.458. The summed E-state index contributed by atoms with van der Waals surface area (Å²) in [6, 6.07) is 4.84. The molecule has 0 saturated carbocycles. The van der Waals surface area contributed by atoms with Gasteiger partial charge in [-0.1, -0.05) is 0 Å². The van der Waals surface area contributed by atoms with E-state index in [1.807, 2.05) is 0 Å². The molecule has 3 fully saturated rings. The monoisotopic (exact) mass is 517 g/mol. The van der Waals surface area contributed by atoms with Crippen molar-refractivity contribution in [2.24, 2.45) is 11.8 Å². The normalized spacial score (nSPS) is 31.4. The van der Waals surface area contributed by atoms with E-state index in [-0.39, 0.29) is 17.8 Å². The summed E-state index contributed by atoms with van der Waals surface area (Å²) < 4.78 is 46.7. The molecule has 2 bridgehead atoms. The smallest absolute Gasteiger partial charge is 0.387 e. The highest BCUT2D eigenvalue weighted by atomic mass is 19.4. The Morgan fingerprint density at radius 2 is 1.97 bits per heavy atom. The van der Waals surface area contributed by atoms with Gasteiger partial charge in [0.25, 0.3) is 5.91 Å². The van der Waals surface area contributed by atoms with Gasteiger partial charge in [0.2, 0.25) is 11.8 Å². The van der Waals surface area contributed by atoms with Crippen LogP contribution in [0.2, 0.25) is 0 Å². The second kappa shape index (κ2) is 7.87. The summed E-state index contributed by atoms with van der Waals surface area (Å²) in [5.41, 5.74) is -4.30. The Labute approximate surface area is 208 Å². The molecule has 1 unspecified atom stereocenters. The first kappa shape index (κ1) is 24.9. The molecule has 0 aliphatic carbocycles. The summed E-state index contributed by atoms with van der Waals surface area (Å²) in [5.74, 6) is -4.04. The van der Waals surface area contributed by atoms with Crippen molar-refractivity contribution in [1.82, 2.24) is 15.5 Å². The molecular weight excluding hydrogens is 495 g/mol. The summed E-state index contributed by atoms with van der Waals surface area (Å²) in [5, 5.41) is 28.0. The Morgan fingerprint density at radius 1 is 1.30 bits per heavy atom. The van der Waals surface area contributed by atoms with Crippen molar-refractivity contribution >= 4 is 23.4 Å². The molecule has 6 atom stereocenters. The number of benzene rings is 1. The van der Waals surface area contributed by atoms with Crippen LogP contribution in [-0.4, -0.2) is 50.3 Å².